The molecule has 0 spiro atoms. The minimum atomic E-state index is -0.322. The molecule has 1 heterocycles. The third kappa shape index (κ3) is 4.13. The summed E-state index contributed by atoms with van der Waals surface area (Å²) in [6, 6.07) is 0. The van der Waals surface area contributed by atoms with E-state index in [0.717, 1.165) is 19.6 Å². The van der Waals surface area contributed by atoms with Crippen LogP contribution >= 0.6 is 12.4 Å². The Bertz CT molecular complexity index is 145. The second-order valence-corrected chi connectivity index (χ2v) is 4.46. The highest BCUT2D eigenvalue weighted by Crippen LogP contribution is 2.19. The molecule has 0 aromatic heterocycles. The van der Waals surface area contributed by atoms with Crippen molar-refractivity contribution in [2.24, 2.45) is 5.41 Å². The van der Waals surface area contributed by atoms with Crippen LogP contribution in [0, 0.1) is 5.41 Å². The van der Waals surface area contributed by atoms with E-state index in [1.54, 1.807) is 0 Å². The summed E-state index contributed by atoms with van der Waals surface area (Å²) in [6.07, 6.45) is 3.84. The van der Waals surface area contributed by atoms with Crippen LogP contribution < -0.4 is 0 Å². The third-order valence-electron chi connectivity index (χ3n) is 2.82. The molecule has 0 aromatic carbocycles. The first-order valence-corrected chi connectivity index (χ1v) is 5.14. The Hall–Kier alpha value is 0.170. The molecular formula is C10H22ClNO2. The molecule has 1 aliphatic rings. The molecule has 0 atom stereocenters. The predicted molar refractivity (Wildman–Crippen MR) is 59.8 cm³/mol. The fraction of sp³-hybridized carbons (Fsp3) is 1.00. The molecule has 3 nitrogen and oxygen atoms in total. The maximum atomic E-state index is 9.13. The number of hydrogen-bond donors (Lipinski definition) is 2. The minimum Gasteiger partial charge on any atom is -0.396 e. The van der Waals surface area contributed by atoms with Gasteiger partial charge >= 0.3 is 0 Å². The SMILES string of the molecule is CC(CO)(CO)CN1CCCCC1.Cl. The van der Waals surface area contributed by atoms with Crippen LogP contribution in [0.4, 0.5) is 0 Å². The highest BCUT2D eigenvalue weighted by molar-refractivity contribution is 5.85. The van der Waals surface area contributed by atoms with E-state index in [-0.39, 0.29) is 31.0 Å². The van der Waals surface area contributed by atoms with Gasteiger partial charge in [0.05, 0.1) is 13.2 Å². The van der Waals surface area contributed by atoms with E-state index in [2.05, 4.69) is 4.90 Å². The molecule has 86 valence electrons. The summed E-state index contributed by atoms with van der Waals surface area (Å²) < 4.78 is 0. The summed E-state index contributed by atoms with van der Waals surface area (Å²) in [5.74, 6) is 0. The maximum Gasteiger partial charge on any atom is 0.0519 e. The van der Waals surface area contributed by atoms with E-state index in [4.69, 9.17) is 10.2 Å². The number of aliphatic hydroxyl groups excluding tert-OH is 2. The van der Waals surface area contributed by atoms with E-state index in [0.29, 0.717) is 0 Å². The van der Waals surface area contributed by atoms with Crippen molar-refractivity contribution < 1.29 is 10.2 Å². The Morgan fingerprint density at radius 3 is 2.00 bits per heavy atom. The molecule has 4 heteroatoms. The van der Waals surface area contributed by atoms with Crippen LogP contribution in [0.2, 0.25) is 0 Å². The third-order valence-corrected chi connectivity index (χ3v) is 2.82. The van der Waals surface area contributed by atoms with Crippen LogP contribution in [-0.4, -0.2) is 48.0 Å². The molecule has 0 saturated carbocycles. The zero-order chi connectivity index (χ0) is 9.73. The number of rotatable bonds is 4. The van der Waals surface area contributed by atoms with Gasteiger partial charge in [0.1, 0.15) is 0 Å². The lowest BCUT2D eigenvalue weighted by molar-refractivity contribution is 0.0299. The van der Waals surface area contributed by atoms with Crippen molar-refractivity contribution >= 4 is 12.4 Å². The minimum absolute atomic E-state index is 0. The molecule has 0 unspecified atom stereocenters. The van der Waals surface area contributed by atoms with E-state index < -0.39 is 0 Å². The Morgan fingerprint density at radius 1 is 1.07 bits per heavy atom. The van der Waals surface area contributed by atoms with Crippen LogP contribution in [0.15, 0.2) is 0 Å². The van der Waals surface area contributed by atoms with Gasteiger partial charge < -0.3 is 15.1 Å². The fourth-order valence-electron chi connectivity index (χ4n) is 1.81. The normalized spacial score (nSPS) is 19.1. The van der Waals surface area contributed by atoms with Crippen LogP contribution in [0.1, 0.15) is 26.2 Å². The number of hydrogen-bond acceptors (Lipinski definition) is 3. The Kier molecular flexibility index (Phi) is 6.70. The predicted octanol–water partition coefficient (Wildman–Crippen LogP) is 0.885. The van der Waals surface area contributed by atoms with Crippen LogP contribution in [0.3, 0.4) is 0 Å². The number of aliphatic hydroxyl groups is 2. The van der Waals surface area contributed by atoms with Gasteiger partial charge in [-0.3, -0.25) is 0 Å². The van der Waals surface area contributed by atoms with Crippen molar-refractivity contribution in [2.45, 2.75) is 26.2 Å². The molecule has 1 rings (SSSR count). The maximum absolute atomic E-state index is 9.13. The molecule has 0 amide bonds. The average Bonchev–Trinajstić information content (AvgIpc) is 2.19. The van der Waals surface area contributed by atoms with E-state index >= 15 is 0 Å². The zero-order valence-corrected chi connectivity index (χ0v) is 9.72. The number of piperidine rings is 1. The second-order valence-electron chi connectivity index (χ2n) is 4.46. The van der Waals surface area contributed by atoms with E-state index in [1.165, 1.54) is 19.3 Å². The van der Waals surface area contributed by atoms with Gasteiger partial charge in [-0.05, 0) is 25.9 Å². The van der Waals surface area contributed by atoms with Gasteiger partial charge in [-0.2, -0.15) is 0 Å². The first kappa shape index (κ1) is 14.2. The first-order chi connectivity index (χ1) is 6.20. The van der Waals surface area contributed by atoms with Crippen molar-refractivity contribution in [3.63, 3.8) is 0 Å². The summed E-state index contributed by atoms with van der Waals surface area (Å²) >= 11 is 0. The topological polar surface area (TPSA) is 43.7 Å². The Labute approximate surface area is 92.5 Å². The van der Waals surface area contributed by atoms with Crippen molar-refractivity contribution in [3.8, 4) is 0 Å². The monoisotopic (exact) mass is 223 g/mol. The van der Waals surface area contributed by atoms with Crippen molar-refractivity contribution in [1.82, 2.24) is 4.90 Å². The summed E-state index contributed by atoms with van der Waals surface area (Å²) in [5.41, 5.74) is -0.322. The average molecular weight is 224 g/mol. The molecule has 2 N–H and O–H groups in total. The van der Waals surface area contributed by atoms with Crippen molar-refractivity contribution in [2.75, 3.05) is 32.8 Å². The molecule has 1 saturated heterocycles. The van der Waals surface area contributed by atoms with Crippen LogP contribution in [0.5, 0.6) is 0 Å². The zero-order valence-electron chi connectivity index (χ0n) is 8.91. The molecule has 1 fully saturated rings. The molecule has 14 heavy (non-hydrogen) atoms. The Balaban J connectivity index is 0.00000169. The van der Waals surface area contributed by atoms with Gasteiger partial charge in [-0.25, -0.2) is 0 Å². The van der Waals surface area contributed by atoms with Gasteiger partial charge in [-0.1, -0.05) is 13.3 Å². The molecule has 0 aromatic rings. The molecule has 0 bridgehead atoms. The number of halogens is 1. The van der Waals surface area contributed by atoms with E-state index in [9.17, 15) is 0 Å². The van der Waals surface area contributed by atoms with Crippen molar-refractivity contribution in [1.29, 1.82) is 0 Å². The van der Waals surface area contributed by atoms with Gasteiger partial charge in [0.2, 0.25) is 0 Å². The summed E-state index contributed by atoms with van der Waals surface area (Å²) in [6.45, 7) is 5.13. The lowest BCUT2D eigenvalue weighted by Crippen LogP contribution is -2.42. The summed E-state index contributed by atoms with van der Waals surface area (Å²) in [4.78, 5) is 2.34. The standard InChI is InChI=1S/C10H21NO2.ClH/c1-10(8-12,9-13)7-11-5-3-2-4-6-11;/h12-13H,2-9H2,1H3;1H. The fourth-order valence-corrected chi connectivity index (χ4v) is 1.81. The van der Waals surface area contributed by atoms with Crippen LogP contribution in [-0.2, 0) is 0 Å². The highest BCUT2D eigenvalue weighted by atomic mass is 35.5. The second kappa shape index (κ2) is 6.62. The van der Waals surface area contributed by atoms with Gasteiger partial charge in [0, 0.05) is 12.0 Å². The molecule has 0 radical (unpaired) electrons. The first-order valence-electron chi connectivity index (χ1n) is 5.14. The van der Waals surface area contributed by atoms with Gasteiger partial charge in [0.25, 0.3) is 0 Å². The lowest BCUT2D eigenvalue weighted by atomic mass is 9.91. The molecule has 1 aliphatic heterocycles. The van der Waals surface area contributed by atoms with Gasteiger partial charge in [0.15, 0.2) is 0 Å². The number of nitrogens with zero attached hydrogens (tertiary/aromatic N) is 1. The highest BCUT2D eigenvalue weighted by Gasteiger charge is 2.26. The summed E-state index contributed by atoms with van der Waals surface area (Å²) in [7, 11) is 0. The summed E-state index contributed by atoms with van der Waals surface area (Å²) in [5, 5.41) is 18.3. The molecule has 0 aliphatic carbocycles. The largest absolute Gasteiger partial charge is 0.396 e. The van der Waals surface area contributed by atoms with E-state index in [1.807, 2.05) is 6.92 Å². The van der Waals surface area contributed by atoms with Crippen molar-refractivity contribution in [3.05, 3.63) is 0 Å². The molecular weight excluding hydrogens is 202 g/mol. The number of likely N-dealkylation sites (tertiary alicyclic amines) is 1. The van der Waals surface area contributed by atoms with Crippen LogP contribution in [0.25, 0.3) is 0 Å². The quantitative estimate of drug-likeness (QED) is 0.744. The lowest BCUT2D eigenvalue weighted by Gasteiger charge is -2.34. The Morgan fingerprint density at radius 2 is 1.57 bits per heavy atom. The smallest absolute Gasteiger partial charge is 0.0519 e. The van der Waals surface area contributed by atoms with Gasteiger partial charge in [-0.15, -0.1) is 12.4 Å².